The molecule has 3 rings (SSSR count). The Labute approximate surface area is 167 Å². The molecule has 27 heavy (non-hydrogen) atoms. The van der Waals surface area contributed by atoms with E-state index < -0.39 is 5.97 Å². The number of hydrogen-bond donors (Lipinski definition) is 1. The third-order valence-electron chi connectivity index (χ3n) is 4.50. The minimum atomic E-state index is -0.781. The molecule has 5 heteroatoms. The van der Waals surface area contributed by atoms with Crippen molar-refractivity contribution in [2.45, 2.75) is 26.3 Å². The standard InChI is InChI=1S/C20H20BrNO3.C2H2/c1-13-17(8-10-20(23)24)18-11-16(25-2)7-9-19(18)22(13)12-14-3-5-15(21)6-4-14;1-2/h3-7,9,11H,8,10,12H2,1-2H3,(H,23,24);1-2H. The highest BCUT2D eigenvalue weighted by atomic mass is 79.9. The van der Waals surface area contributed by atoms with E-state index in [0.29, 0.717) is 6.42 Å². The summed E-state index contributed by atoms with van der Waals surface area (Å²) in [6.07, 6.45) is 8.63. The van der Waals surface area contributed by atoms with Crippen molar-refractivity contribution in [3.05, 3.63) is 63.8 Å². The Morgan fingerprint density at radius 3 is 2.44 bits per heavy atom. The minimum absolute atomic E-state index is 0.120. The fourth-order valence-electron chi connectivity index (χ4n) is 3.18. The molecule has 1 heterocycles. The van der Waals surface area contributed by atoms with Crippen LogP contribution in [0.2, 0.25) is 0 Å². The Hall–Kier alpha value is -2.71. The zero-order valence-corrected chi connectivity index (χ0v) is 17.0. The fourth-order valence-corrected chi connectivity index (χ4v) is 3.45. The number of carbonyl (C=O) groups is 1. The van der Waals surface area contributed by atoms with Gasteiger partial charge < -0.3 is 14.4 Å². The molecule has 4 nitrogen and oxygen atoms in total. The van der Waals surface area contributed by atoms with E-state index in [1.165, 1.54) is 5.56 Å². The van der Waals surface area contributed by atoms with E-state index in [4.69, 9.17) is 9.84 Å². The maximum absolute atomic E-state index is 11.0. The van der Waals surface area contributed by atoms with E-state index in [1.54, 1.807) is 7.11 Å². The van der Waals surface area contributed by atoms with Gasteiger partial charge in [-0.3, -0.25) is 4.79 Å². The first kappa shape index (κ1) is 20.6. The normalized spacial score (nSPS) is 10.3. The van der Waals surface area contributed by atoms with Crippen molar-refractivity contribution in [3.8, 4) is 18.6 Å². The predicted molar refractivity (Wildman–Crippen MR) is 112 cm³/mol. The summed E-state index contributed by atoms with van der Waals surface area (Å²) in [6, 6.07) is 14.2. The number of benzene rings is 2. The van der Waals surface area contributed by atoms with E-state index >= 15 is 0 Å². The number of carboxylic acid groups (broad SMARTS) is 1. The van der Waals surface area contributed by atoms with E-state index in [9.17, 15) is 4.79 Å². The molecule has 0 aliphatic carbocycles. The molecule has 0 bridgehead atoms. The second-order valence-corrected chi connectivity index (χ2v) is 6.97. The quantitative estimate of drug-likeness (QED) is 0.560. The summed E-state index contributed by atoms with van der Waals surface area (Å²) >= 11 is 3.46. The number of nitrogens with zero attached hydrogens (tertiary/aromatic N) is 1. The monoisotopic (exact) mass is 427 g/mol. The third kappa shape index (κ3) is 4.72. The van der Waals surface area contributed by atoms with Gasteiger partial charge in [0.25, 0.3) is 0 Å². The second-order valence-electron chi connectivity index (χ2n) is 6.05. The predicted octanol–water partition coefficient (Wildman–Crippen LogP) is 5.04. The van der Waals surface area contributed by atoms with Gasteiger partial charge in [-0.25, -0.2) is 0 Å². The lowest BCUT2D eigenvalue weighted by Crippen LogP contribution is -2.03. The molecule has 0 unspecified atom stereocenters. The number of aromatic nitrogens is 1. The lowest BCUT2D eigenvalue weighted by molar-refractivity contribution is -0.136. The van der Waals surface area contributed by atoms with Gasteiger partial charge in [0.05, 0.1) is 7.11 Å². The molecule has 0 saturated heterocycles. The molecule has 0 atom stereocenters. The smallest absolute Gasteiger partial charge is 0.303 e. The first-order valence-corrected chi connectivity index (χ1v) is 9.24. The number of fused-ring (bicyclic) bond motifs is 1. The molecule has 0 saturated carbocycles. The van der Waals surface area contributed by atoms with E-state index in [1.807, 2.05) is 30.3 Å². The van der Waals surface area contributed by atoms with Gasteiger partial charge in [-0.05, 0) is 54.8 Å². The first-order chi connectivity index (χ1) is 13.0. The average molecular weight is 428 g/mol. The molecule has 1 N–H and O–H groups in total. The summed E-state index contributed by atoms with van der Waals surface area (Å²) in [5.74, 6) is 0.000900. The van der Waals surface area contributed by atoms with Crippen molar-refractivity contribution in [2.75, 3.05) is 7.11 Å². The number of halogens is 1. The fraction of sp³-hybridized carbons (Fsp3) is 0.227. The van der Waals surface area contributed by atoms with Crippen LogP contribution in [0.1, 0.15) is 23.2 Å². The van der Waals surface area contributed by atoms with Crippen LogP contribution in [0.3, 0.4) is 0 Å². The molecule has 0 fully saturated rings. The lowest BCUT2D eigenvalue weighted by Gasteiger charge is -2.09. The summed E-state index contributed by atoms with van der Waals surface area (Å²) in [5, 5.41) is 10.1. The number of rotatable bonds is 6. The number of aryl methyl sites for hydroxylation is 1. The number of ether oxygens (including phenoxy) is 1. The molecule has 0 radical (unpaired) electrons. The summed E-state index contributed by atoms with van der Waals surface area (Å²) in [7, 11) is 1.64. The first-order valence-electron chi connectivity index (χ1n) is 8.45. The maximum Gasteiger partial charge on any atom is 0.303 e. The Bertz CT molecular complexity index is 955. The molecule has 0 spiro atoms. The average Bonchev–Trinajstić information content (AvgIpc) is 2.94. The summed E-state index contributed by atoms with van der Waals surface area (Å²) in [6.45, 7) is 2.80. The van der Waals surface area contributed by atoms with Crippen LogP contribution < -0.4 is 4.74 Å². The van der Waals surface area contributed by atoms with Gasteiger partial charge in [-0.1, -0.05) is 28.1 Å². The Morgan fingerprint density at radius 2 is 1.85 bits per heavy atom. The molecule has 0 amide bonds. The highest BCUT2D eigenvalue weighted by molar-refractivity contribution is 9.10. The van der Waals surface area contributed by atoms with Crippen LogP contribution in [0, 0.1) is 19.8 Å². The molecule has 140 valence electrons. The number of terminal acetylenes is 1. The number of carboxylic acids is 1. The van der Waals surface area contributed by atoms with Crippen LogP contribution in [0.25, 0.3) is 10.9 Å². The van der Waals surface area contributed by atoms with E-state index in [0.717, 1.165) is 38.9 Å². The highest BCUT2D eigenvalue weighted by Gasteiger charge is 2.16. The summed E-state index contributed by atoms with van der Waals surface area (Å²) in [4.78, 5) is 11.0. The largest absolute Gasteiger partial charge is 0.497 e. The molecule has 2 aromatic carbocycles. The number of hydrogen-bond acceptors (Lipinski definition) is 2. The van der Waals surface area contributed by atoms with Gasteiger partial charge in [0, 0.05) is 34.0 Å². The van der Waals surface area contributed by atoms with Crippen LogP contribution in [0.15, 0.2) is 46.9 Å². The molecule has 0 aliphatic heterocycles. The van der Waals surface area contributed by atoms with Crippen LogP contribution in [-0.2, 0) is 17.8 Å². The van der Waals surface area contributed by atoms with Gasteiger partial charge in [-0.15, -0.1) is 12.8 Å². The van der Waals surface area contributed by atoms with Gasteiger partial charge in [0.1, 0.15) is 5.75 Å². The second kappa shape index (κ2) is 9.29. The zero-order valence-electron chi connectivity index (χ0n) is 15.4. The van der Waals surface area contributed by atoms with Crippen molar-refractivity contribution in [2.24, 2.45) is 0 Å². The van der Waals surface area contributed by atoms with Gasteiger partial charge in [0.15, 0.2) is 0 Å². The molecule has 0 aliphatic rings. The molecule has 3 aromatic rings. The van der Waals surface area contributed by atoms with Crippen molar-refractivity contribution in [1.82, 2.24) is 4.57 Å². The van der Waals surface area contributed by atoms with Gasteiger partial charge >= 0.3 is 5.97 Å². The van der Waals surface area contributed by atoms with Crippen molar-refractivity contribution >= 4 is 32.8 Å². The van der Waals surface area contributed by atoms with Gasteiger partial charge in [-0.2, -0.15) is 0 Å². The van der Waals surface area contributed by atoms with Crippen molar-refractivity contribution in [1.29, 1.82) is 0 Å². The summed E-state index contributed by atoms with van der Waals surface area (Å²) in [5.41, 5.74) is 4.48. The Kier molecular flexibility index (Phi) is 7.09. The SMILES string of the molecule is C#C.COc1ccc2c(c1)c(CCC(=O)O)c(C)n2Cc1ccc(Br)cc1. The Morgan fingerprint density at radius 1 is 1.19 bits per heavy atom. The van der Waals surface area contributed by atoms with Crippen LogP contribution >= 0.6 is 15.9 Å². The molecular formula is C22H22BrNO3. The van der Waals surface area contributed by atoms with Crippen LogP contribution in [0.4, 0.5) is 0 Å². The topological polar surface area (TPSA) is 51.5 Å². The third-order valence-corrected chi connectivity index (χ3v) is 5.03. The van der Waals surface area contributed by atoms with Crippen molar-refractivity contribution in [3.63, 3.8) is 0 Å². The zero-order chi connectivity index (χ0) is 20.0. The van der Waals surface area contributed by atoms with E-state index in [-0.39, 0.29) is 6.42 Å². The number of aliphatic carboxylic acids is 1. The van der Waals surface area contributed by atoms with Crippen molar-refractivity contribution < 1.29 is 14.6 Å². The lowest BCUT2D eigenvalue weighted by atomic mass is 10.1. The Balaban J connectivity index is 0.00000126. The van der Waals surface area contributed by atoms with Gasteiger partial charge in [0.2, 0.25) is 0 Å². The summed E-state index contributed by atoms with van der Waals surface area (Å²) < 4.78 is 8.65. The van der Waals surface area contributed by atoms with Crippen LogP contribution in [0.5, 0.6) is 5.75 Å². The minimum Gasteiger partial charge on any atom is -0.497 e. The maximum atomic E-state index is 11.0. The van der Waals surface area contributed by atoms with Crippen LogP contribution in [-0.4, -0.2) is 22.8 Å². The molecule has 1 aromatic heterocycles. The number of methoxy groups -OCH3 is 1. The molecular weight excluding hydrogens is 406 g/mol. The highest BCUT2D eigenvalue weighted by Crippen LogP contribution is 2.31. The van der Waals surface area contributed by atoms with E-state index in [2.05, 4.69) is 52.4 Å².